The summed E-state index contributed by atoms with van der Waals surface area (Å²) < 4.78 is 1.91. The van der Waals surface area contributed by atoms with E-state index >= 15 is 0 Å². The van der Waals surface area contributed by atoms with Crippen molar-refractivity contribution < 1.29 is 9.59 Å². The Bertz CT molecular complexity index is 1560. The molecule has 3 amide bonds. The number of imide groups is 1. The lowest BCUT2D eigenvalue weighted by Gasteiger charge is -2.26. The van der Waals surface area contributed by atoms with Crippen LogP contribution in [0.1, 0.15) is 47.1 Å². The molecule has 3 aromatic carbocycles. The topological polar surface area (TPSA) is 70.5 Å². The minimum Gasteiger partial charge on any atom is -0.314 e. The number of carbonyl (C=O) groups excluding carboxylic acids is 2. The molecule has 1 saturated heterocycles. The number of hydrogen-bond acceptors (Lipinski definition) is 4. The lowest BCUT2D eigenvalue weighted by atomic mass is 9.92. The van der Waals surface area contributed by atoms with Gasteiger partial charge < -0.3 is 4.57 Å². The van der Waals surface area contributed by atoms with Crippen LogP contribution in [-0.4, -0.2) is 32.9 Å². The second-order valence-corrected chi connectivity index (χ2v) is 10.8. The van der Waals surface area contributed by atoms with Crippen LogP contribution in [0.15, 0.2) is 72.9 Å². The first-order valence-corrected chi connectivity index (χ1v) is 13.6. The predicted octanol–water partition coefficient (Wildman–Crippen LogP) is 5.85. The highest BCUT2D eigenvalue weighted by Crippen LogP contribution is 2.32. The average molecular weight is 540 g/mol. The third kappa shape index (κ3) is 4.95. The molecule has 0 spiro atoms. The Morgan fingerprint density at radius 1 is 1.00 bits per heavy atom. The van der Waals surface area contributed by atoms with E-state index in [1.54, 1.807) is 11.1 Å². The van der Waals surface area contributed by atoms with E-state index in [-0.39, 0.29) is 18.2 Å². The molecule has 0 saturated carbocycles. The third-order valence-corrected chi connectivity index (χ3v) is 8.15. The van der Waals surface area contributed by atoms with Gasteiger partial charge in [-0.2, -0.15) is 0 Å². The van der Waals surface area contributed by atoms with E-state index in [2.05, 4.69) is 70.7 Å². The van der Waals surface area contributed by atoms with Crippen LogP contribution in [0.5, 0.6) is 0 Å². The molecule has 1 atom stereocenters. The summed E-state index contributed by atoms with van der Waals surface area (Å²) in [7, 11) is 1.90. The number of nitrogens with zero attached hydrogens (tertiary/aromatic N) is 4. The maximum absolute atomic E-state index is 12.3. The van der Waals surface area contributed by atoms with Gasteiger partial charge in [-0.05, 0) is 39.9 Å². The number of nitrogens with one attached hydrogen (secondary N) is 1. The Morgan fingerprint density at radius 2 is 1.77 bits per heavy atom. The fourth-order valence-corrected chi connectivity index (χ4v) is 5.89. The van der Waals surface area contributed by atoms with Gasteiger partial charge in [-0.15, -0.1) is 0 Å². The Hall–Kier alpha value is -3.94. The van der Waals surface area contributed by atoms with Crippen molar-refractivity contribution in [3.63, 3.8) is 0 Å². The molecule has 7 nitrogen and oxygen atoms in total. The summed E-state index contributed by atoms with van der Waals surface area (Å²) in [5.41, 5.74) is 7.31. The van der Waals surface area contributed by atoms with Gasteiger partial charge in [-0.3, -0.25) is 19.9 Å². The molecule has 1 N–H and O–H groups in total. The van der Waals surface area contributed by atoms with Crippen molar-refractivity contribution in [2.24, 2.45) is 7.05 Å². The molecule has 0 bridgehead atoms. The van der Waals surface area contributed by atoms with Gasteiger partial charge in [0.15, 0.2) is 0 Å². The highest BCUT2D eigenvalue weighted by Gasteiger charge is 2.27. The molecule has 2 aliphatic heterocycles. The minimum absolute atomic E-state index is 0.237. The summed E-state index contributed by atoms with van der Waals surface area (Å²) in [5.74, 6) is 1.45. The largest absolute Gasteiger partial charge is 0.329 e. The van der Waals surface area contributed by atoms with Gasteiger partial charge in [0.25, 0.3) is 0 Å². The van der Waals surface area contributed by atoms with Crippen molar-refractivity contribution in [2.45, 2.75) is 38.9 Å². The maximum atomic E-state index is 12.3. The number of hydrogen-bond donors (Lipinski definition) is 1. The summed E-state index contributed by atoms with van der Waals surface area (Å²) in [6.07, 6.45) is 1.98. The minimum atomic E-state index is -0.406. The van der Waals surface area contributed by atoms with Gasteiger partial charge in [0.2, 0.25) is 5.91 Å². The number of fused-ring (bicyclic) bond motifs is 1. The third-order valence-electron chi connectivity index (χ3n) is 7.80. The van der Waals surface area contributed by atoms with Crippen molar-refractivity contribution in [2.75, 3.05) is 11.4 Å². The molecular weight excluding hydrogens is 510 g/mol. The Morgan fingerprint density at radius 3 is 2.54 bits per heavy atom. The van der Waals surface area contributed by atoms with Gasteiger partial charge in [-0.25, -0.2) is 9.78 Å². The molecule has 6 rings (SSSR count). The number of carbonyl (C=O) groups is 2. The first-order chi connectivity index (χ1) is 18.9. The zero-order valence-corrected chi connectivity index (χ0v) is 22.8. The molecular formula is C31H30ClN5O2. The fourth-order valence-electron chi connectivity index (χ4n) is 5.59. The standard InChI is InChI=1S/C31H30ClN5O2/c1-20(26-5-3-4-6-27(26)32)22-9-7-21(8-10-22)17-36-18-24-12-11-23(15-25(24)19-36)30-33-16-29(35(30)2)37-14-13-28(38)34-31(37)39/h3-12,15-16,20H,13-14,17-19H2,1-2H3,(H,34,38,39). The first-order valence-electron chi connectivity index (χ1n) is 13.2. The van der Waals surface area contributed by atoms with E-state index in [4.69, 9.17) is 11.6 Å². The lowest BCUT2D eigenvalue weighted by Crippen LogP contribution is -2.50. The van der Waals surface area contributed by atoms with Gasteiger partial charge in [0.05, 0.1) is 6.20 Å². The number of halogens is 1. The number of imidazole rings is 1. The van der Waals surface area contributed by atoms with Gasteiger partial charge >= 0.3 is 6.03 Å². The molecule has 39 heavy (non-hydrogen) atoms. The average Bonchev–Trinajstić information content (AvgIpc) is 3.51. The van der Waals surface area contributed by atoms with Crippen molar-refractivity contribution in [3.05, 3.63) is 106 Å². The zero-order valence-electron chi connectivity index (χ0n) is 22.0. The maximum Gasteiger partial charge on any atom is 0.329 e. The van der Waals surface area contributed by atoms with Crippen LogP contribution < -0.4 is 10.2 Å². The van der Waals surface area contributed by atoms with E-state index in [0.717, 1.165) is 41.6 Å². The van der Waals surface area contributed by atoms with E-state index in [0.29, 0.717) is 12.4 Å². The summed E-state index contributed by atoms with van der Waals surface area (Å²) >= 11 is 6.42. The molecule has 8 heteroatoms. The molecule has 1 unspecified atom stereocenters. The van der Waals surface area contributed by atoms with Crippen LogP contribution in [0, 0.1) is 0 Å². The van der Waals surface area contributed by atoms with Crippen LogP contribution in [0.4, 0.5) is 10.6 Å². The molecule has 198 valence electrons. The molecule has 0 aliphatic carbocycles. The molecule has 4 aromatic rings. The van der Waals surface area contributed by atoms with Crippen molar-refractivity contribution in [1.29, 1.82) is 0 Å². The highest BCUT2D eigenvalue weighted by molar-refractivity contribution is 6.31. The number of benzene rings is 3. The molecule has 1 fully saturated rings. The second kappa shape index (κ2) is 10.3. The van der Waals surface area contributed by atoms with E-state index in [1.807, 2.05) is 29.8 Å². The number of anilines is 1. The Balaban J connectivity index is 1.13. The van der Waals surface area contributed by atoms with Crippen LogP contribution in [0.2, 0.25) is 5.02 Å². The summed E-state index contributed by atoms with van der Waals surface area (Å²) in [4.78, 5) is 32.5. The highest BCUT2D eigenvalue weighted by atomic mass is 35.5. The SMILES string of the molecule is CC(c1ccc(CN2Cc3ccc(-c4ncc(N5CCC(=O)NC5=O)n4C)cc3C2)cc1)c1ccccc1Cl. The number of urea groups is 1. The number of rotatable bonds is 6. The zero-order chi connectivity index (χ0) is 27.1. The smallest absolute Gasteiger partial charge is 0.314 e. The van der Waals surface area contributed by atoms with Gasteiger partial charge in [0.1, 0.15) is 11.6 Å². The van der Waals surface area contributed by atoms with Crippen molar-refractivity contribution in [3.8, 4) is 11.4 Å². The van der Waals surface area contributed by atoms with Crippen LogP contribution in [-0.2, 0) is 31.5 Å². The molecule has 0 radical (unpaired) electrons. The quantitative estimate of drug-likeness (QED) is 0.333. The predicted molar refractivity (Wildman–Crippen MR) is 153 cm³/mol. The summed E-state index contributed by atoms with van der Waals surface area (Å²) in [6.45, 7) is 5.19. The van der Waals surface area contributed by atoms with Crippen LogP contribution in [0.25, 0.3) is 11.4 Å². The van der Waals surface area contributed by atoms with E-state index < -0.39 is 6.03 Å². The normalized spacial score (nSPS) is 16.3. The van der Waals surface area contributed by atoms with Gasteiger partial charge in [-0.1, -0.05) is 73.1 Å². The Kier molecular flexibility index (Phi) is 6.71. The van der Waals surface area contributed by atoms with Crippen molar-refractivity contribution in [1.82, 2.24) is 19.8 Å². The Labute approximate surface area is 233 Å². The molecule has 1 aromatic heterocycles. The summed E-state index contributed by atoms with van der Waals surface area (Å²) in [6, 6.07) is 23.0. The van der Waals surface area contributed by atoms with Crippen molar-refractivity contribution >= 4 is 29.4 Å². The molecule has 2 aliphatic rings. The summed E-state index contributed by atoms with van der Waals surface area (Å²) in [5, 5.41) is 3.18. The number of amides is 3. The number of aromatic nitrogens is 2. The van der Waals surface area contributed by atoms with E-state index in [9.17, 15) is 9.59 Å². The van der Waals surface area contributed by atoms with E-state index in [1.165, 1.54) is 22.3 Å². The van der Waals surface area contributed by atoms with Crippen LogP contribution >= 0.6 is 11.6 Å². The lowest BCUT2D eigenvalue weighted by molar-refractivity contribution is -0.120. The second-order valence-electron chi connectivity index (χ2n) is 10.4. The fraction of sp³-hybridized carbons (Fsp3) is 0.258. The first kappa shape index (κ1) is 25.3. The van der Waals surface area contributed by atoms with Gasteiger partial charge in [0, 0.05) is 56.2 Å². The monoisotopic (exact) mass is 539 g/mol. The molecule has 3 heterocycles. The van der Waals surface area contributed by atoms with Crippen LogP contribution in [0.3, 0.4) is 0 Å².